The maximum atomic E-state index is 14.6. The van der Waals surface area contributed by atoms with Gasteiger partial charge < -0.3 is 11.1 Å². The highest BCUT2D eigenvalue weighted by Gasteiger charge is 2.49. The third-order valence-corrected chi connectivity index (χ3v) is 8.39. The fourth-order valence-electron chi connectivity index (χ4n) is 3.13. The van der Waals surface area contributed by atoms with Crippen molar-refractivity contribution in [2.24, 2.45) is 10.7 Å². The largest absolute Gasteiger partial charge is 0.386 e. The first-order valence-electron chi connectivity index (χ1n) is 9.20. The molecule has 0 bridgehead atoms. The highest BCUT2D eigenvalue weighted by Crippen LogP contribution is 2.59. The van der Waals surface area contributed by atoms with Crippen molar-refractivity contribution in [3.8, 4) is 0 Å². The van der Waals surface area contributed by atoms with Crippen LogP contribution in [0.1, 0.15) is 48.8 Å². The summed E-state index contributed by atoms with van der Waals surface area (Å²) in [6.07, 6.45) is -0.950. The number of aliphatic imine (C=N–C) groups is 1. The zero-order valence-corrected chi connectivity index (χ0v) is 18.8. The maximum Gasteiger partial charge on any atom is 0.275 e. The number of alkyl halides is 2. The summed E-state index contributed by atoms with van der Waals surface area (Å²) in [5.74, 6) is -2.14. The number of nitrogens with two attached hydrogens (primary N) is 1. The van der Waals surface area contributed by atoms with E-state index in [4.69, 9.17) is 17.3 Å². The Labute approximate surface area is 188 Å². The van der Waals surface area contributed by atoms with E-state index in [1.54, 1.807) is 0 Å². The number of pyridine rings is 2. The number of carbonyl (C=O) groups excluding carboxylic acids is 1. The van der Waals surface area contributed by atoms with Gasteiger partial charge in [0.1, 0.15) is 21.8 Å². The second-order valence-corrected chi connectivity index (χ2v) is 11.1. The van der Waals surface area contributed by atoms with Gasteiger partial charge in [0.25, 0.3) is 12.3 Å². The van der Waals surface area contributed by atoms with Crippen LogP contribution in [-0.4, -0.2) is 41.3 Å². The van der Waals surface area contributed by atoms with Gasteiger partial charge in [0.2, 0.25) is 5.95 Å². The predicted molar refractivity (Wildman–Crippen MR) is 117 cm³/mol. The number of rotatable bonds is 4. The summed E-state index contributed by atoms with van der Waals surface area (Å²) in [5, 5.41) is 2.13. The van der Waals surface area contributed by atoms with Crippen molar-refractivity contribution >= 4 is 39.6 Å². The molecule has 2 aromatic rings. The molecule has 1 aliphatic heterocycles. The van der Waals surface area contributed by atoms with Gasteiger partial charge in [-0.3, -0.25) is 18.9 Å². The zero-order valence-electron chi connectivity index (χ0n) is 17.2. The predicted octanol–water partition coefficient (Wildman–Crippen LogP) is 4.57. The average molecular weight is 492 g/mol. The molecule has 1 atom stereocenters. The smallest absolute Gasteiger partial charge is 0.275 e. The first kappa shape index (κ1) is 24.2. The van der Waals surface area contributed by atoms with Crippen LogP contribution < -0.4 is 11.1 Å². The molecule has 1 aliphatic rings. The number of anilines is 1. The molecule has 0 spiro atoms. The Kier molecular flexibility index (Phi) is 6.19. The number of amidine groups is 1. The molecule has 0 saturated heterocycles. The van der Waals surface area contributed by atoms with Crippen LogP contribution in [0.5, 0.6) is 0 Å². The highest BCUT2D eigenvalue weighted by atomic mass is 35.5. The zero-order chi connectivity index (χ0) is 24.1. The van der Waals surface area contributed by atoms with Gasteiger partial charge in [-0.15, -0.1) is 0 Å². The Morgan fingerprint density at radius 2 is 1.91 bits per heavy atom. The number of nitrogens with zero attached hydrogens (tertiary/aromatic N) is 3. The number of hydrogen-bond acceptors (Lipinski definition) is 7. The number of halogens is 4. The van der Waals surface area contributed by atoms with Crippen molar-refractivity contribution in [3.63, 3.8) is 0 Å². The Hall–Kier alpha value is -2.41. The summed E-state index contributed by atoms with van der Waals surface area (Å²) in [5.41, 5.74) is 3.63. The molecule has 174 valence electrons. The molecular formula is C19H21ClF3N5O3S. The summed E-state index contributed by atoms with van der Waals surface area (Å²) in [7, 11) is -3.30. The van der Waals surface area contributed by atoms with Crippen LogP contribution in [-0.2, 0) is 5.54 Å². The molecule has 3 rings (SSSR count). The van der Waals surface area contributed by atoms with E-state index in [0.29, 0.717) is 0 Å². The van der Waals surface area contributed by atoms with Crippen LogP contribution >= 0.6 is 22.2 Å². The van der Waals surface area contributed by atoms with Crippen molar-refractivity contribution in [1.82, 2.24) is 9.97 Å². The molecule has 5 N–H and O–H groups in total. The number of amides is 1. The first-order chi connectivity index (χ1) is 14.7. The summed E-state index contributed by atoms with van der Waals surface area (Å²) in [4.78, 5) is 24.1. The fraction of sp³-hybridized carbons (Fsp3) is 0.368. The van der Waals surface area contributed by atoms with Gasteiger partial charge in [-0.2, -0.15) is 15.0 Å². The fourth-order valence-corrected chi connectivity index (χ4v) is 5.14. The van der Waals surface area contributed by atoms with E-state index in [9.17, 15) is 27.1 Å². The molecule has 13 heteroatoms. The summed E-state index contributed by atoms with van der Waals surface area (Å²) >= 11 is 5.89. The van der Waals surface area contributed by atoms with E-state index in [2.05, 4.69) is 20.3 Å². The Bertz CT molecular complexity index is 1120. The monoisotopic (exact) mass is 491 g/mol. The van der Waals surface area contributed by atoms with Gasteiger partial charge in [-0.1, -0.05) is 11.6 Å². The minimum absolute atomic E-state index is 0.0264. The van der Waals surface area contributed by atoms with Crippen molar-refractivity contribution in [2.45, 2.75) is 37.5 Å². The average Bonchev–Trinajstić information content (AvgIpc) is 2.67. The lowest BCUT2D eigenvalue weighted by Gasteiger charge is -2.53. The van der Waals surface area contributed by atoms with E-state index < -0.39 is 44.7 Å². The SMILES string of the molecule is CC1(C)C(N)=N[C@](C)(c2cc(NC(=O)c3ncc(C(F)F)cc3Cl)cnc2F)CS1(O)O. The second kappa shape index (κ2) is 8.18. The van der Waals surface area contributed by atoms with Crippen LogP contribution in [0.3, 0.4) is 0 Å². The Morgan fingerprint density at radius 1 is 1.25 bits per heavy atom. The van der Waals surface area contributed by atoms with E-state index in [1.807, 2.05) is 0 Å². The van der Waals surface area contributed by atoms with Crippen molar-refractivity contribution in [3.05, 3.63) is 52.3 Å². The number of nitrogens with one attached hydrogen (secondary N) is 1. The molecular weight excluding hydrogens is 471 g/mol. The van der Waals surface area contributed by atoms with Crippen LogP contribution in [0.25, 0.3) is 0 Å². The Balaban J connectivity index is 1.95. The Morgan fingerprint density at radius 3 is 2.47 bits per heavy atom. The van der Waals surface area contributed by atoms with Crippen molar-refractivity contribution in [1.29, 1.82) is 0 Å². The molecule has 3 heterocycles. The molecule has 0 radical (unpaired) electrons. The van der Waals surface area contributed by atoms with E-state index in [0.717, 1.165) is 18.5 Å². The van der Waals surface area contributed by atoms with Crippen LogP contribution in [0, 0.1) is 5.95 Å². The van der Waals surface area contributed by atoms with Gasteiger partial charge in [-0.25, -0.2) is 18.7 Å². The standard InChI is InChI=1S/C19H21ClF3N5O3S/c1-18(2)17(24)28-19(3,8-32(18,30)31)11-5-10(7-26-15(11)23)27-16(29)13-12(20)4-9(6-25-13)14(21)22/h4-7,14,30-31H,8H2,1-3H3,(H2,24,28)(H,27,29)/t19-/m0/s1. The van der Waals surface area contributed by atoms with Gasteiger partial charge in [-0.05, 0) is 32.9 Å². The molecule has 0 aliphatic carbocycles. The van der Waals surface area contributed by atoms with Gasteiger partial charge in [0.15, 0.2) is 0 Å². The van der Waals surface area contributed by atoms with E-state index >= 15 is 0 Å². The molecule has 0 unspecified atom stereocenters. The van der Waals surface area contributed by atoms with Gasteiger partial charge in [0.05, 0.1) is 22.7 Å². The normalized spacial score (nSPS) is 22.9. The third kappa shape index (κ3) is 4.27. The molecule has 8 nitrogen and oxygen atoms in total. The number of aromatic nitrogens is 2. The number of hydrogen-bond donors (Lipinski definition) is 4. The lowest BCUT2D eigenvalue weighted by Crippen LogP contribution is -2.52. The highest BCUT2D eigenvalue weighted by molar-refractivity contribution is 8.26. The van der Waals surface area contributed by atoms with Crippen LogP contribution in [0.2, 0.25) is 5.02 Å². The summed E-state index contributed by atoms with van der Waals surface area (Å²) in [6.45, 7) is 4.53. The molecule has 2 aromatic heterocycles. The maximum absolute atomic E-state index is 14.6. The van der Waals surface area contributed by atoms with Gasteiger partial charge in [0, 0.05) is 17.3 Å². The van der Waals surface area contributed by atoms with E-state index in [-0.39, 0.29) is 33.6 Å². The molecule has 1 amide bonds. The minimum atomic E-state index is -3.30. The van der Waals surface area contributed by atoms with Gasteiger partial charge >= 0.3 is 0 Å². The lowest BCUT2D eigenvalue weighted by molar-refractivity contribution is 0.102. The molecule has 0 aromatic carbocycles. The second-order valence-electron chi connectivity index (χ2n) is 8.01. The molecule has 0 fully saturated rings. The summed E-state index contributed by atoms with van der Waals surface area (Å²) in [6, 6.07) is 2.15. The van der Waals surface area contributed by atoms with E-state index in [1.165, 1.54) is 26.8 Å². The lowest BCUT2D eigenvalue weighted by atomic mass is 9.94. The molecule has 32 heavy (non-hydrogen) atoms. The number of carbonyl (C=O) groups is 1. The van der Waals surface area contributed by atoms with Crippen LogP contribution in [0.4, 0.5) is 18.9 Å². The summed E-state index contributed by atoms with van der Waals surface area (Å²) < 4.78 is 60.1. The quantitative estimate of drug-likeness (QED) is 0.463. The van der Waals surface area contributed by atoms with Crippen molar-refractivity contribution < 1.29 is 27.1 Å². The first-order valence-corrected chi connectivity index (χ1v) is 11.3. The van der Waals surface area contributed by atoms with Crippen molar-refractivity contribution in [2.75, 3.05) is 11.1 Å². The topological polar surface area (TPSA) is 134 Å². The molecule has 0 saturated carbocycles. The minimum Gasteiger partial charge on any atom is -0.386 e. The third-order valence-electron chi connectivity index (χ3n) is 5.29. The van der Waals surface area contributed by atoms with Crippen LogP contribution in [0.15, 0.2) is 29.5 Å².